The van der Waals surface area contributed by atoms with Crippen LogP contribution >= 0.6 is 27.7 Å². The molecule has 1 aliphatic heterocycles. The third-order valence-electron chi connectivity index (χ3n) is 3.56. The number of hydrogen-bond donors (Lipinski definition) is 0. The molecule has 0 bridgehead atoms. The molecule has 1 heterocycles. The van der Waals surface area contributed by atoms with Crippen molar-refractivity contribution >= 4 is 33.7 Å². The van der Waals surface area contributed by atoms with Crippen LogP contribution in [0.1, 0.15) is 24.3 Å². The smallest absolute Gasteiger partial charge is 0.309 e. The number of rotatable bonds is 3. The maximum absolute atomic E-state index is 12.0. The van der Waals surface area contributed by atoms with E-state index in [4.69, 9.17) is 4.74 Å². The minimum absolute atomic E-state index is 0.00965. The maximum atomic E-state index is 12.0. The highest BCUT2D eigenvalue weighted by atomic mass is 79.9. The lowest BCUT2D eigenvalue weighted by molar-refractivity contribution is -0.149. The van der Waals surface area contributed by atoms with E-state index in [-0.39, 0.29) is 18.0 Å². The topological polar surface area (TPSA) is 26.3 Å². The molecule has 0 aromatic heterocycles. The zero-order valence-corrected chi connectivity index (χ0v) is 12.4. The molecule has 3 atom stereocenters. The summed E-state index contributed by atoms with van der Waals surface area (Å²) in [7, 11) is 0. The minimum Gasteiger partial charge on any atom is -0.461 e. The van der Waals surface area contributed by atoms with Crippen LogP contribution in [0.4, 0.5) is 0 Å². The van der Waals surface area contributed by atoms with Crippen LogP contribution in [0.5, 0.6) is 0 Å². The number of halogens is 1. The molecule has 4 heteroatoms. The Labute approximate surface area is 120 Å². The van der Waals surface area contributed by atoms with Crippen molar-refractivity contribution in [3.8, 4) is 0 Å². The molecule has 1 aromatic rings. The van der Waals surface area contributed by atoms with Crippen LogP contribution < -0.4 is 0 Å². The van der Waals surface area contributed by atoms with Gasteiger partial charge in [-0.25, -0.2) is 0 Å². The Balaban J connectivity index is 1.56. The van der Waals surface area contributed by atoms with E-state index in [9.17, 15) is 4.79 Å². The predicted octanol–water partition coefficient (Wildman–Crippen LogP) is 3.60. The second-order valence-electron chi connectivity index (χ2n) is 4.92. The third kappa shape index (κ3) is 2.75. The van der Waals surface area contributed by atoms with Crippen molar-refractivity contribution in [1.82, 2.24) is 0 Å². The number of hydrogen-bond acceptors (Lipinski definition) is 3. The molecule has 2 aliphatic rings. The van der Waals surface area contributed by atoms with Gasteiger partial charge in [-0.3, -0.25) is 4.79 Å². The fraction of sp³-hybridized carbons (Fsp3) is 0.500. The molecule has 96 valence electrons. The predicted molar refractivity (Wildman–Crippen MR) is 76.8 cm³/mol. The van der Waals surface area contributed by atoms with Crippen LogP contribution in [0, 0.1) is 5.92 Å². The van der Waals surface area contributed by atoms with Crippen molar-refractivity contribution in [2.45, 2.75) is 24.9 Å². The molecular weight excluding hydrogens is 312 g/mol. The van der Waals surface area contributed by atoms with Gasteiger partial charge in [0.2, 0.25) is 0 Å². The van der Waals surface area contributed by atoms with E-state index in [2.05, 4.69) is 28.1 Å². The molecule has 2 fully saturated rings. The molecule has 1 saturated carbocycles. The average molecular weight is 327 g/mol. The number of thioether (sulfide) groups is 1. The molecule has 1 aromatic carbocycles. The van der Waals surface area contributed by atoms with Crippen molar-refractivity contribution in [2.75, 3.05) is 11.5 Å². The van der Waals surface area contributed by atoms with Gasteiger partial charge < -0.3 is 4.74 Å². The van der Waals surface area contributed by atoms with Gasteiger partial charge in [-0.15, -0.1) is 0 Å². The first kappa shape index (κ1) is 12.5. The summed E-state index contributed by atoms with van der Waals surface area (Å²) < 4.78 is 6.62. The van der Waals surface area contributed by atoms with Gasteiger partial charge in [0.15, 0.2) is 0 Å². The van der Waals surface area contributed by atoms with Crippen LogP contribution in [-0.2, 0) is 9.53 Å². The Morgan fingerprint density at radius 2 is 2.11 bits per heavy atom. The van der Waals surface area contributed by atoms with Gasteiger partial charge in [0.1, 0.15) is 6.10 Å². The monoisotopic (exact) mass is 326 g/mol. The quantitative estimate of drug-likeness (QED) is 0.794. The van der Waals surface area contributed by atoms with Crippen molar-refractivity contribution < 1.29 is 9.53 Å². The summed E-state index contributed by atoms with van der Waals surface area (Å²) in [4.78, 5) is 12.0. The van der Waals surface area contributed by atoms with E-state index >= 15 is 0 Å². The van der Waals surface area contributed by atoms with Gasteiger partial charge in [-0.2, -0.15) is 11.8 Å². The van der Waals surface area contributed by atoms with Crippen molar-refractivity contribution in [3.63, 3.8) is 0 Å². The first-order chi connectivity index (χ1) is 8.74. The van der Waals surface area contributed by atoms with Gasteiger partial charge in [-0.1, -0.05) is 28.1 Å². The van der Waals surface area contributed by atoms with E-state index < -0.39 is 0 Å². The van der Waals surface area contributed by atoms with Gasteiger partial charge >= 0.3 is 5.97 Å². The van der Waals surface area contributed by atoms with Crippen LogP contribution in [0.25, 0.3) is 0 Å². The standard InChI is InChI=1S/C14H15BrO2S/c15-10-3-1-9(2-4-10)12-7-13(12)14(16)17-11-5-6-18-8-11/h1-4,11-13H,5-8H2. The summed E-state index contributed by atoms with van der Waals surface area (Å²) in [5, 5.41) is 0. The summed E-state index contributed by atoms with van der Waals surface area (Å²) in [6.07, 6.45) is 2.13. The largest absolute Gasteiger partial charge is 0.461 e. The summed E-state index contributed by atoms with van der Waals surface area (Å²) in [5.74, 6) is 2.58. The van der Waals surface area contributed by atoms with E-state index in [0.29, 0.717) is 5.92 Å². The van der Waals surface area contributed by atoms with E-state index in [1.54, 1.807) is 0 Å². The Kier molecular flexibility index (Phi) is 3.66. The summed E-state index contributed by atoms with van der Waals surface area (Å²) in [5.41, 5.74) is 1.25. The fourth-order valence-electron chi connectivity index (χ4n) is 2.39. The Bertz CT molecular complexity index is 440. The van der Waals surface area contributed by atoms with Crippen LogP contribution in [0.2, 0.25) is 0 Å². The SMILES string of the molecule is O=C(OC1CCSC1)C1CC1c1ccc(Br)cc1. The molecule has 3 rings (SSSR count). The van der Waals surface area contributed by atoms with E-state index in [1.807, 2.05) is 23.9 Å². The highest BCUT2D eigenvalue weighted by Gasteiger charge is 2.45. The molecule has 1 saturated heterocycles. The average Bonchev–Trinajstić information content (AvgIpc) is 3.01. The first-order valence-electron chi connectivity index (χ1n) is 6.28. The molecule has 2 nitrogen and oxygen atoms in total. The van der Waals surface area contributed by atoms with E-state index in [0.717, 1.165) is 28.8 Å². The molecule has 18 heavy (non-hydrogen) atoms. The third-order valence-corrected chi connectivity index (χ3v) is 5.22. The molecule has 0 spiro atoms. The van der Waals surface area contributed by atoms with Gasteiger partial charge in [0, 0.05) is 10.2 Å². The zero-order valence-electron chi connectivity index (χ0n) is 9.97. The van der Waals surface area contributed by atoms with Gasteiger partial charge in [0.05, 0.1) is 5.92 Å². The van der Waals surface area contributed by atoms with Crippen LogP contribution in [0.3, 0.4) is 0 Å². The lowest BCUT2D eigenvalue weighted by atomic mass is 10.1. The Morgan fingerprint density at radius 1 is 1.33 bits per heavy atom. The van der Waals surface area contributed by atoms with Crippen molar-refractivity contribution in [3.05, 3.63) is 34.3 Å². The van der Waals surface area contributed by atoms with E-state index in [1.165, 1.54) is 5.56 Å². The summed E-state index contributed by atoms with van der Waals surface area (Å²) in [6, 6.07) is 8.24. The van der Waals surface area contributed by atoms with Crippen molar-refractivity contribution in [2.24, 2.45) is 5.92 Å². The van der Waals surface area contributed by atoms with Crippen LogP contribution in [0.15, 0.2) is 28.7 Å². The molecule has 3 unspecified atom stereocenters. The molecule has 0 amide bonds. The minimum atomic E-state index is 0.00965. The van der Waals surface area contributed by atoms with Crippen LogP contribution in [-0.4, -0.2) is 23.6 Å². The normalized spacial score (nSPS) is 30.2. The summed E-state index contributed by atoms with van der Waals surface area (Å²) in [6.45, 7) is 0. The van der Waals surface area contributed by atoms with Crippen molar-refractivity contribution in [1.29, 1.82) is 0 Å². The zero-order chi connectivity index (χ0) is 12.5. The lowest BCUT2D eigenvalue weighted by Gasteiger charge is -2.10. The highest BCUT2D eigenvalue weighted by Crippen LogP contribution is 2.48. The number of esters is 1. The lowest BCUT2D eigenvalue weighted by Crippen LogP contribution is -2.19. The summed E-state index contributed by atoms with van der Waals surface area (Å²) >= 11 is 5.30. The van der Waals surface area contributed by atoms with Gasteiger partial charge in [-0.05, 0) is 42.2 Å². The van der Waals surface area contributed by atoms with Gasteiger partial charge in [0.25, 0.3) is 0 Å². The highest BCUT2D eigenvalue weighted by molar-refractivity contribution is 9.10. The second kappa shape index (κ2) is 5.25. The molecule has 0 N–H and O–H groups in total. The Morgan fingerprint density at radius 3 is 2.78 bits per heavy atom. The molecular formula is C14H15BrO2S. The fourth-order valence-corrected chi connectivity index (χ4v) is 3.75. The first-order valence-corrected chi connectivity index (χ1v) is 8.22. The maximum Gasteiger partial charge on any atom is 0.309 e. The number of benzene rings is 1. The Hall–Kier alpha value is -0.480. The molecule has 1 aliphatic carbocycles. The number of ether oxygens (including phenoxy) is 1. The number of carbonyl (C=O) groups excluding carboxylic acids is 1. The number of carbonyl (C=O) groups is 1. The second-order valence-corrected chi connectivity index (χ2v) is 6.99. The molecule has 0 radical (unpaired) electrons.